The monoisotopic (exact) mass is 472 g/mol. The Labute approximate surface area is 192 Å². The van der Waals surface area contributed by atoms with Gasteiger partial charge in [0, 0.05) is 37.6 Å². The predicted molar refractivity (Wildman–Crippen MR) is 117 cm³/mol. The maximum Gasteiger partial charge on any atom is 0.287 e. The van der Waals surface area contributed by atoms with Crippen molar-refractivity contribution in [2.75, 3.05) is 49.7 Å². The van der Waals surface area contributed by atoms with Crippen molar-refractivity contribution in [3.8, 4) is 0 Å². The summed E-state index contributed by atoms with van der Waals surface area (Å²) in [5.41, 5.74) is 2.53. The molecule has 4 heterocycles. The molecule has 0 saturated carbocycles. The molecule has 1 aromatic carbocycles. The minimum absolute atomic E-state index is 0.0473. The Morgan fingerprint density at radius 1 is 1.26 bits per heavy atom. The van der Waals surface area contributed by atoms with Crippen molar-refractivity contribution in [2.45, 2.75) is 12.5 Å². The fourth-order valence-electron chi connectivity index (χ4n) is 4.21. The van der Waals surface area contributed by atoms with Crippen LogP contribution in [0.1, 0.15) is 26.3 Å². The molecule has 2 aliphatic rings. The van der Waals surface area contributed by atoms with Gasteiger partial charge in [0.15, 0.2) is 5.65 Å². The number of aromatic nitrogens is 3. The number of ether oxygens (including phenoxy) is 1. The zero-order valence-electron chi connectivity index (χ0n) is 18.1. The van der Waals surface area contributed by atoms with Crippen LogP contribution in [-0.4, -0.2) is 81.8 Å². The molecule has 2 amide bonds. The lowest BCUT2D eigenvalue weighted by Crippen LogP contribution is -2.39. The number of alkyl halides is 2. The molecule has 0 bridgehead atoms. The molecule has 0 aliphatic carbocycles. The highest BCUT2D eigenvalue weighted by Crippen LogP contribution is 2.36. The van der Waals surface area contributed by atoms with Crippen LogP contribution in [0.15, 0.2) is 36.8 Å². The van der Waals surface area contributed by atoms with Crippen molar-refractivity contribution in [3.63, 3.8) is 0 Å². The number of amides is 2. The summed E-state index contributed by atoms with van der Waals surface area (Å²) in [4.78, 5) is 33.2. The van der Waals surface area contributed by atoms with E-state index in [1.54, 1.807) is 30.6 Å². The van der Waals surface area contributed by atoms with Gasteiger partial charge in [-0.1, -0.05) is 0 Å². The SMILES string of the molecule is O=C(Nc1cc2c(cc1N1CCOCC1)C(=O)N(CC(F)(F)CO)C2)c1cnn2cccnc12. The third-order valence-corrected chi connectivity index (χ3v) is 5.88. The van der Waals surface area contributed by atoms with Gasteiger partial charge in [0.1, 0.15) is 12.2 Å². The number of hydrogen-bond acceptors (Lipinski definition) is 7. The summed E-state index contributed by atoms with van der Waals surface area (Å²) in [5.74, 6) is -4.38. The van der Waals surface area contributed by atoms with Gasteiger partial charge >= 0.3 is 0 Å². The number of aliphatic hydroxyl groups is 1. The third kappa shape index (κ3) is 4.05. The van der Waals surface area contributed by atoms with Gasteiger partial charge in [0.25, 0.3) is 17.7 Å². The predicted octanol–water partition coefficient (Wildman–Crippen LogP) is 1.40. The van der Waals surface area contributed by atoms with E-state index in [9.17, 15) is 18.4 Å². The highest BCUT2D eigenvalue weighted by atomic mass is 19.3. The second kappa shape index (κ2) is 8.61. The van der Waals surface area contributed by atoms with Crippen molar-refractivity contribution >= 4 is 28.8 Å². The summed E-state index contributed by atoms with van der Waals surface area (Å²) in [7, 11) is 0. The number of nitrogens with one attached hydrogen (secondary N) is 1. The number of fused-ring (bicyclic) bond motifs is 2. The molecule has 2 aliphatic heterocycles. The van der Waals surface area contributed by atoms with E-state index < -0.39 is 30.9 Å². The summed E-state index contributed by atoms with van der Waals surface area (Å²) in [5, 5.41) is 15.9. The molecule has 12 heteroatoms. The summed E-state index contributed by atoms with van der Waals surface area (Å²) in [6, 6.07) is 4.97. The zero-order chi connectivity index (χ0) is 23.9. The van der Waals surface area contributed by atoms with Gasteiger partial charge in [-0.05, 0) is 23.8 Å². The first-order valence-electron chi connectivity index (χ1n) is 10.7. The maximum absolute atomic E-state index is 13.8. The van der Waals surface area contributed by atoms with E-state index in [4.69, 9.17) is 9.84 Å². The smallest absolute Gasteiger partial charge is 0.287 e. The van der Waals surface area contributed by atoms with Gasteiger partial charge in [-0.3, -0.25) is 9.59 Å². The van der Waals surface area contributed by atoms with Crippen LogP contribution >= 0.6 is 0 Å². The molecular weight excluding hydrogens is 450 g/mol. The van der Waals surface area contributed by atoms with Crippen LogP contribution in [0.25, 0.3) is 5.65 Å². The number of anilines is 2. The molecule has 0 spiro atoms. The number of morpholine rings is 1. The second-order valence-corrected chi connectivity index (χ2v) is 8.20. The maximum atomic E-state index is 13.8. The second-order valence-electron chi connectivity index (χ2n) is 8.20. The number of halogens is 2. The lowest BCUT2D eigenvalue weighted by Gasteiger charge is -2.31. The van der Waals surface area contributed by atoms with Crippen LogP contribution in [0.4, 0.5) is 20.2 Å². The van der Waals surface area contributed by atoms with Gasteiger partial charge in [-0.25, -0.2) is 18.3 Å². The van der Waals surface area contributed by atoms with E-state index in [2.05, 4.69) is 15.4 Å². The summed E-state index contributed by atoms with van der Waals surface area (Å²) in [6.07, 6.45) is 4.66. The van der Waals surface area contributed by atoms with Crippen molar-refractivity contribution in [2.24, 2.45) is 0 Å². The van der Waals surface area contributed by atoms with Crippen molar-refractivity contribution in [3.05, 3.63) is 53.5 Å². The van der Waals surface area contributed by atoms with Gasteiger partial charge in [0.2, 0.25) is 0 Å². The van der Waals surface area contributed by atoms with Crippen LogP contribution in [0, 0.1) is 0 Å². The Morgan fingerprint density at radius 3 is 2.82 bits per heavy atom. The van der Waals surface area contributed by atoms with Crippen LogP contribution in [-0.2, 0) is 11.3 Å². The molecular formula is C22H22F2N6O4. The molecule has 2 aromatic heterocycles. The van der Waals surface area contributed by atoms with E-state index in [0.29, 0.717) is 54.5 Å². The largest absolute Gasteiger partial charge is 0.390 e. The fourth-order valence-corrected chi connectivity index (χ4v) is 4.21. The lowest BCUT2D eigenvalue weighted by atomic mass is 10.1. The molecule has 34 heavy (non-hydrogen) atoms. The molecule has 0 atom stereocenters. The van der Waals surface area contributed by atoms with Crippen LogP contribution in [0.2, 0.25) is 0 Å². The average molecular weight is 472 g/mol. The summed E-state index contributed by atoms with van der Waals surface area (Å²) < 4.78 is 34.4. The highest BCUT2D eigenvalue weighted by molar-refractivity contribution is 6.10. The normalized spacial score (nSPS) is 16.3. The zero-order valence-corrected chi connectivity index (χ0v) is 18.1. The Bertz CT molecular complexity index is 1260. The fraction of sp³-hybridized carbons (Fsp3) is 0.364. The van der Waals surface area contributed by atoms with E-state index in [-0.39, 0.29) is 12.1 Å². The van der Waals surface area contributed by atoms with E-state index >= 15 is 0 Å². The molecule has 0 radical (unpaired) electrons. The number of rotatable bonds is 6. The number of aliphatic hydroxyl groups excluding tert-OH is 1. The molecule has 178 valence electrons. The Morgan fingerprint density at radius 2 is 2.06 bits per heavy atom. The molecule has 1 saturated heterocycles. The number of benzene rings is 1. The number of nitrogens with zero attached hydrogens (tertiary/aromatic N) is 5. The van der Waals surface area contributed by atoms with Gasteiger partial charge < -0.3 is 25.0 Å². The minimum Gasteiger partial charge on any atom is -0.390 e. The average Bonchev–Trinajstić information content (AvgIpc) is 3.40. The first-order valence-corrected chi connectivity index (χ1v) is 10.7. The molecule has 2 N–H and O–H groups in total. The number of carbonyl (C=O) groups is 2. The van der Waals surface area contributed by atoms with Crippen LogP contribution in [0.5, 0.6) is 0 Å². The number of hydrogen-bond donors (Lipinski definition) is 2. The number of carbonyl (C=O) groups excluding carboxylic acids is 2. The molecule has 1 fully saturated rings. The van der Waals surface area contributed by atoms with Gasteiger partial charge in [-0.2, -0.15) is 5.10 Å². The van der Waals surface area contributed by atoms with E-state index in [1.807, 2.05) is 4.90 Å². The summed E-state index contributed by atoms with van der Waals surface area (Å²) in [6.45, 7) is -0.244. The Balaban J connectivity index is 1.49. The minimum atomic E-state index is -3.40. The first kappa shape index (κ1) is 22.2. The van der Waals surface area contributed by atoms with E-state index in [1.165, 1.54) is 10.7 Å². The van der Waals surface area contributed by atoms with Gasteiger partial charge in [0.05, 0.1) is 37.3 Å². The standard InChI is InChI=1S/C22H22F2N6O4/c23-22(24,13-31)12-29-11-14-8-17(18(9-15(14)21(29)33)28-4-6-34-7-5-28)27-20(32)16-10-26-30-3-1-2-25-19(16)30/h1-3,8-10,31H,4-7,11-13H2,(H,27,32). The topological polar surface area (TPSA) is 112 Å². The van der Waals surface area contributed by atoms with Crippen LogP contribution in [0.3, 0.4) is 0 Å². The van der Waals surface area contributed by atoms with E-state index in [0.717, 1.165) is 4.90 Å². The molecule has 5 rings (SSSR count). The molecule has 3 aromatic rings. The third-order valence-electron chi connectivity index (χ3n) is 5.88. The molecule has 0 unspecified atom stereocenters. The Kier molecular flexibility index (Phi) is 5.62. The van der Waals surface area contributed by atoms with Crippen molar-refractivity contribution in [1.82, 2.24) is 19.5 Å². The van der Waals surface area contributed by atoms with Crippen molar-refractivity contribution < 1.29 is 28.2 Å². The highest BCUT2D eigenvalue weighted by Gasteiger charge is 2.38. The van der Waals surface area contributed by atoms with Crippen LogP contribution < -0.4 is 10.2 Å². The quantitative estimate of drug-likeness (QED) is 0.558. The first-order chi connectivity index (χ1) is 16.4. The molecule has 10 nitrogen and oxygen atoms in total. The summed E-state index contributed by atoms with van der Waals surface area (Å²) >= 11 is 0. The Hall–Kier alpha value is -3.64. The lowest BCUT2D eigenvalue weighted by molar-refractivity contribution is -0.0675. The van der Waals surface area contributed by atoms with Crippen molar-refractivity contribution in [1.29, 1.82) is 0 Å². The van der Waals surface area contributed by atoms with Gasteiger partial charge in [-0.15, -0.1) is 0 Å².